The van der Waals surface area contributed by atoms with Crippen molar-refractivity contribution in [3.63, 3.8) is 0 Å². The quantitative estimate of drug-likeness (QED) is 0.860. The normalized spacial score (nSPS) is 11.8. The molecule has 0 radical (unpaired) electrons. The van der Waals surface area contributed by atoms with E-state index in [0.29, 0.717) is 0 Å². The number of hydrogen-bond donors (Lipinski definition) is 1. The lowest BCUT2D eigenvalue weighted by Gasteiger charge is -2.21. The summed E-state index contributed by atoms with van der Waals surface area (Å²) in [6.07, 6.45) is 5.60. The van der Waals surface area contributed by atoms with Gasteiger partial charge in [0.25, 0.3) is 0 Å². The number of rotatable bonds is 3. The summed E-state index contributed by atoms with van der Waals surface area (Å²) in [7, 11) is 0. The van der Waals surface area contributed by atoms with Gasteiger partial charge in [-0.15, -0.1) is 0 Å². The molecule has 0 unspecified atom stereocenters. The molecule has 2 rings (SSSR count). The predicted octanol–water partition coefficient (Wildman–Crippen LogP) is 2.76. The molecule has 0 bridgehead atoms. The molecule has 2 aromatic rings. The van der Waals surface area contributed by atoms with E-state index < -0.39 is 0 Å². The van der Waals surface area contributed by atoms with Gasteiger partial charge in [0, 0.05) is 30.0 Å². The van der Waals surface area contributed by atoms with E-state index in [9.17, 15) is 0 Å². The summed E-state index contributed by atoms with van der Waals surface area (Å²) in [5, 5.41) is 7.78. The highest BCUT2D eigenvalue weighted by atomic mass is 127. The second-order valence-electron chi connectivity index (χ2n) is 5.19. The first-order valence-corrected chi connectivity index (χ1v) is 6.93. The Hall–Kier alpha value is -0.950. The second kappa shape index (κ2) is 5.36. The SMILES string of the molecule is CC(C)(C)NCc1cccnc1-n1cc(I)cn1. The van der Waals surface area contributed by atoms with Crippen molar-refractivity contribution in [3.8, 4) is 5.82 Å². The van der Waals surface area contributed by atoms with E-state index in [1.54, 1.807) is 6.20 Å². The van der Waals surface area contributed by atoms with Crippen molar-refractivity contribution in [1.29, 1.82) is 0 Å². The maximum Gasteiger partial charge on any atom is 0.157 e. The van der Waals surface area contributed by atoms with Gasteiger partial charge < -0.3 is 5.32 Å². The van der Waals surface area contributed by atoms with Gasteiger partial charge in [0.2, 0.25) is 0 Å². The van der Waals surface area contributed by atoms with Crippen LogP contribution in [-0.4, -0.2) is 20.3 Å². The Morgan fingerprint density at radius 3 is 2.78 bits per heavy atom. The van der Waals surface area contributed by atoms with Crippen molar-refractivity contribution in [1.82, 2.24) is 20.1 Å². The lowest BCUT2D eigenvalue weighted by molar-refractivity contribution is 0.423. The third kappa shape index (κ3) is 3.52. The first-order valence-electron chi connectivity index (χ1n) is 5.85. The van der Waals surface area contributed by atoms with Crippen LogP contribution < -0.4 is 5.32 Å². The zero-order valence-electron chi connectivity index (χ0n) is 10.8. The average molecular weight is 356 g/mol. The molecule has 5 heteroatoms. The molecule has 4 nitrogen and oxygen atoms in total. The molecule has 1 N–H and O–H groups in total. The molecule has 0 aromatic carbocycles. The highest BCUT2D eigenvalue weighted by Gasteiger charge is 2.12. The summed E-state index contributed by atoms with van der Waals surface area (Å²) >= 11 is 2.25. The van der Waals surface area contributed by atoms with E-state index in [0.717, 1.165) is 21.5 Å². The van der Waals surface area contributed by atoms with Crippen LogP contribution in [0.4, 0.5) is 0 Å². The number of halogens is 1. The van der Waals surface area contributed by atoms with Gasteiger partial charge in [0.1, 0.15) is 0 Å². The molecule has 0 spiro atoms. The maximum atomic E-state index is 4.42. The first-order chi connectivity index (χ1) is 8.46. The van der Waals surface area contributed by atoms with Crippen LogP contribution in [0.15, 0.2) is 30.7 Å². The van der Waals surface area contributed by atoms with Crippen molar-refractivity contribution in [3.05, 3.63) is 39.9 Å². The topological polar surface area (TPSA) is 42.7 Å². The molecule has 2 heterocycles. The van der Waals surface area contributed by atoms with Gasteiger partial charge in [-0.05, 0) is 49.4 Å². The Morgan fingerprint density at radius 2 is 2.17 bits per heavy atom. The molecule has 96 valence electrons. The Labute approximate surface area is 121 Å². The Balaban J connectivity index is 2.26. The summed E-state index contributed by atoms with van der Waals surface area (Å²) < 4.78 is 2.93. The fourth-order valence-corrected chi connectivity index (χ4v) is 1.94. The minimum Gasteiger partial charge on any atom is -0.308 e. The lowest BCUT2D eigenvalue weighted by atomic mass is 10.1. The summed E-state index contributed by atoms with van der Waals surface area (Å²) in [5.74, 6) is 0.886. The van der Waals surface area contributed by atoms with E-state index in [2.05, 4.69) is 64.8 Å². The summed E-state index contributed by atoms with van der Waals surface area (Å²) in [5.41, 5.74) is 1.23. The van der Waals surface area contributed by atoms with Gasteiger partial charge >= 0.3 is 0 Å². The highest BCUT2D eigenvalue weighted by Crippen LogP contribution is 2.13. The molecule has 2 aromatic heterocycles. The number of nitrogens with zero attached hydrogens (tertiary/aromatic N) is 3. The van der Waals surface area contributed by atoms with Crippen molar-refractivity contribution in [2.24, 2.45) is 0 Å². The van der Waals surface area contributed by atoms with E-state index >= 15 is 0 Å². The van der Waals surface area contributed by atoms with Crippen LogP contribution in [0, 0.1) is 3.57 Å². The Kier molecular flexibility index (Phi) is 4.01. The maximum absolute atomic E-state index is 4.42. The molecular weight excluding hydrogens is 339 g/mol. The molecule has 0 atom stereocenters. The number of hydrogen-bond acceptors (Lipinski definition) is 3. The summed E-state index contributed by atoms with van der Waals surface area (Å²) in [6.45, 7) is 7.24. The molecule has 0 fully saturated rings. The molecule has 18 heavy (non-hydrogen) atoms. The zero-order chi connectivity index (χ0) is 13.2. The van der Waals surface area contributed by atoms with Crippen molar-refractivity contribution >= 4 is 22.6 Å². The van der Waals surface area contributed by atoms with E-state index in [1.807, 2.05) is 23.1 Å². The van der Waals surface area contributed by atoms with E-state index in [1.165, 1.54) is 0 Å². The third-order valence-electron chi connectivity index (χ3n) is 2.44. The molecule has 0 saturated carbocycles. The molecular formula is C13H17IN4. The van der Waals surface area contributed by atoms with Gasteiger partial charge in [0.05, 0.1) is 9.77 Å². The summed E-state index contributed by atoms with van der Waals surface area (Å²) in [4.78, 5) is 4.42. The molecule has 0 aliphatic heterocycles. The average Bonchev–Trinajstić information content (AvgIpc) is 2.72. The number of pyridine rings is 1. The van der Waals surface area contributed by atoms with Crippen molar-refractivity contribution < 1.29 is 0 Å². The molecule has 0 aliphatic carbocycles. The van der Waals surface area contributed by atoms with Gasteiger partial charge in [-0.3, -0.25) is 0 Å². The summed E-state index contributed by atoms with van der Waals surface area (Å²) in [6, 6.07) is 4.03. The monoisotopic (exact) mass is 356 g/mol. The van der Waals surface area contributed by atoms with E-state index in [-0.39, 0.29) is 5.54 Å². The molecule has 0 saturated heterocycles. The molecule has 0 amide bonds. The minimum atomic E-state index is 0.0889. The smallest absolute Gasteiger partial charge is 0.157 e. The standard InChI is InChI=1S/C13H17IN4/c1-13(2,3)16-7-10-5-4-6-15-12(10)18-9-11(14)8-17-18/h4-6,8-9,16H,7H2,1-3H3. The zero-order valence-corrected chi connectivity index (χ0v) is 13.0. The van der Waals surface area contributed by atoms with Crippen LogP contribution in [0.25, 0.3) is 5.82 Å². The van der Waals surface area contributed by atoms with Gasteiger partial charge in [-0.25, -0.2) is 9.67 Å². The van der Waals surface area contributed by atoms with Gasteiger partial charge in [-0.2, -0.15) is 5.10 Å². The second-order valence-corrected chi connectivity index (χ2v) is 6.44. The Bertz CT molecular complexity index is 528. The van der Waals surface area contributed by atoms with Crippen LogP contribution in [0.1, 0.15) is 26.3 Å². The fraction of sp³-hybridized carbons (Fsp3) is 0.385. The number of aromatic nitrogens is 3. The van der Waals surface area contributed by atoms with Crippen LogP contribution in [-0.2, 0) is 6.54 Å². The van der Waals surface area contributed by atoms with Crippen LogP contribution in [0.2, 0.25) is 0 Å². The predicted molar refractivity (Wildman–Crippen MR) is 80.7 cm³/mol. The van der Waals surface area contributed by atoms with Crippen molar-refractivity contribution in [2.75, 3.05) is 0 Å². The van der Waals surface area contributed by atoms with Crippen molar-refractivity contribution in [2.45, 2.75) is 32.9 Å². The van der Waals surface area contributed by atoms with E-state index in [4.69, 9.17) is 0 Å². The van der Waals surface area contributed by atoms with Gasteiger partial charge in [-0.1, -0.05) is 6.07 Å². The van der Waals surface area contributed by atoms with Crippen LogP contribution in [0.3, 0.4) is 0 Å². The lowest BCUT2D eigenvalue weighted by Crippen LogP contribution is -2.35. The minimum absolute atomic E-state index is 0.0889. The third-order valence-corrected chi connectivity index (χ3v) is 3.00. The van der Waals surface area contributed by atoms with Crippen LogP contribution in [0.5, 0.6) is 0 Å². The highest BCUT2D eigenvalue weighted by molar-refractivity contribution is 14.1. The largest absolute Gasteiger partial charge is 0.308 e. The van der Waals surface area contributed by atoms with Gasteiger partial charge in [0.15, 0.2) is 5.82 Å². The first kappa shape index (κ1) is 13.5. The number of nitrogens with one attached hydrogen (secondary N) is 1. The fourth-order valence-electron chi connectivity index (χ4n) is 1.55. The molecule has 0 aliphatic rings. The van der Waals surface area contributed by atoms with Crippen LogP contribution >= 0.6 is 22.6 Å². The Morgan fingerprint density at radius 1 is 1.39 bits per heavy atom.